The average Bonchev–Trinajstić information content (AvgIpc) is 3.66. The van der Waals surface area contributed by atoms with E-state index in [9.17, 15) is 0 Å². The van der Waals surface area contributed by atoms with Gasteiger partial charge in [-0.05, 0) is 57.1 Å². The van der Waals surface area contributed by atoms with Gasteiger partial charge in [0.15, 0.2) is 8.07 Å². The summed E-state index contributed by atoms with van der Waals surface area (Å²) in [5, 5.41) is 10.9. The van der Waals surface area contributed by atoms with Crippen molar-refractivity contribution < 1.29 is 0 Å². The standard InChI is InChI=1S/C42H29NSSi/c1-3-16-31(17-4-1)45(32-18-5-2-6-19-32,41-28-14-27-40-42(41)36-23-9-12-26-39(36)44-40)33-20-13-15-30(29-33)43-37-24-10-7-21-34(37)35-22-8-11-25-38(35)43/h1-29H. The van der Waals surface area contributed by atoms with Crippen LogP contribution in [0.2, 0.25) is 0 Å². The maximum absolute atomic E-state index is 2.83. The molecule has 0 spiro atoms. The third-order valence-electron chi connectivity index (χ3n) is 9.34. The Balaban J connectivity index is 1.44. The van der Waals surface area contributed by atoms with Crippen LogP contribution < -0.4 is 20.7 Å². The van der Waals surface area contributed by atoms with E-state index in [1.165, 1.54) is 68.4 Å². The summed E-state index contributed by atoms with van der Waals surface area (Å²) in [7, 11) is -2.83. The topological polar surface area (TPSA) is 4.93 Å². The molecule has 2 aromatic heterocycles. The Morgan fingerprint density at radius 2 is 0.911 bits per heavy atom. The van der Waals surface area contributed by atoms with Crippen LogP contribution in [0.25, 0.3) is 47.7 Å². The van der Waals surface area contributed by atoms with Crippen LogP contribution in [0.5, 0.6) is 0 Å². The highest BCUT2D eigenvalue weighted by molar-refractivity contribution is 7.27. The number of thiophene rings is 1. The molecule has 9 aromatic rings. The molecule has 0 aliphatic carbocycles. The van der Waals surface area contributed by atoms with Crippen LogP contribution in [-0.2, 0) is 0 Å². The predicted octanol–water partition coefficient (Wildman–Crippen LogP) is 8.53. The minimum Gasteiger partial charge on any atom is -0.309 e. The fraction of sp³-hybridized carbons (Fsp3) is 0. The van der Waals surface area contributed by atoms with E-state index in [1.54, 1.807) is 0 Å². The second kappa shape index (κ2) is 10.4. The average molecular weight is 608 g/mol. The zero-order chi connectivity index (χ0) is 29.8. The predicted molar refractivity (Wildman–Crippen MR) is 197 cm³/mol. The zero-order valence-electron chi connectivity index (χ0n) is 24.6. The molecule has 3 heteroatoms. The second-order valence-electron chi connectivity index (χ2n) is 11.7. The van der Waals surface area contributed by atoms with Crippen LogP contribution >= 0.6 is 11.3 Å². The molecule has 0 N–H and O–H groups in total. The molecule has 0 amide bonds. The molecular weight excluding hydrogens is 579 g/mol. The van der Waals surface area contributed by atoms with Gasteiger partial charge in [0.2, 0.25) is 0 Å². The number of benzene rings is 7. The molecule has 0 saturated heterocycles. The molecule has 2 heterocycles. The van der Waals surface area contributed by atoms with Gasteiger partial charge in [0.25, 0.3) is 0 Å². The number of aromatic nitrogens is 1. The second-order valence-corrected chi connectivity index (χ2v) is 16.5. The van der Waals surface area contributed by atoms with E-state index in [2.05, 4.69) is 180 Å². The smallest absolute Gasteiger partial charge is 0.180 e. The molecule has 0 unspecified atom stereocenters. The van der Waals surface area contributed by atoms with Crippen LogP contribution in [-0.4, -0.2) is 12.6 Å². The molecule has 45 heavy (non-hydrogen) atoms. The Morgan fingerprint density at radius 3 is 1.58 bits per heavy atom. The van der Waals surface area contributed by atoms with E-state index in [0.717, 1.165) is 0 Å². The largest absolute Gasteiger partial charge is 0.309 e. The summed E-state index contributed by atoms with van der Waals surface area (Å²) in [6.07, 6.45) is 0. The van der Waals surface area contributed by atoms with Crippen LogP contribution in [0.1, 0.15) is 0 Å². The minimum atomic E-state index is -2.83. The number of para-hydroxylation sites is 2. The van der Waals surface area contributed by atoms with Crippen molar-refractivity contribution in [2.75, 3.05) is 0 Å². The summed E-state index contributed by atoms with van der Waals surface area (Å²) in [4.78, 5) is 0. The maximum atomic E-state index is 2.48. The molecule has 0 atom stereocenters. The molecule has 7 aromatic carbocycles. The van der Waals surface area contributed by atoms with Gasteiger partial charge in [-0.15, -0.1) is 11.3 Å². The van der Waals surface area contributed by atoms with E-state index in [0.29, 0.717) is 0 Å². The Kier molecular flexibility index (Phi) is 6.08. The number of fused-ring (bicyclic) bond motifs is 6. The normalized spacial score (nSPS) is 12.0. The van der Waals surface area contributed by atoms with Crippen LogP contribution in [0.15, 0.2) is 176 Å². The van der Waals surface area contributed by atoms with Gasteiger partial charge in [0.05, 0.1) is 11.0 Å². The summed E-state index contributed by atoms with van der Waals surface area (Å²) in [6.45, 7) is 0. The van der Waals surface area contributed by atoms with E-state index in [4.69, 9.17) is 0 Å². The lowest BCUT2D eigenvalue weighted by Crippen LogP contribution is -2.74. The Morgan fingerprint density at radius 1 is 0.400 bits per heavy atom. The number of rotatable bonds is 5. The summed E-state index contributed by atoms with van der Waals surface area (Å²) in [5.74, 6) is 0. The van der Waals surface area contributed by atoms with E-state index in [-0.39, 0.29) is 0 Å². The monoisotopic (exact) mass is 607 g/mol. The van der Waals surface area contributed by atoms with Crippen molar-refractivity contribution in [2.24, 2.45) is 0 Å². The highest BCUT2D eigenvalue weighted by atomic mass is 32.1. The molecule has 0 aliphatic rings. The van der Waals surface area contributed by atoms with Gasteiger partial charge in [0.1, 0.15) is 0 Å². The van der Waals surface area contributed by atoms with Gasteiger partial charge in [-0.3, -0.25) is 0 Å². The number of nitrogens with zero attached hydrogens (tertiary/aromatic N) is 1. The lowest BCUT2D eigenvalue weighted by atomic mass is 10.1. The van der Waals surface area contributed by atoms with Gasteiger partial charge < -0.3 is 4.57 Å². The summed E-state index contributed by atoms with van der Waals surface area (Å²) >= 11 is 1.90. The van der Waals surface area contributed by atoms with Gasteiger partial charge in [-0.2, -0.15) is 0 Å². The van der Waals surface area contributed by atoms with Crippen LogP contribution in [0.3, 0.4) is 0 Å². The maximum Gasteiger partial charge on any atom is 0.180 e. The first kappa shape index (κ1) is 26.2. The molecular formula is C42H29NSSi. The first-order valence-electron chi connectivity index (χ1n) is 15.4. The summed E-state index contributed by atoms with van der Waals surface area (Å²) in [5.41, 5.74) is 3.65. The quantitative estimate of drug-likeness (QED) is 0.137. The van der Waals surface area contributed by atoms with E-state index < -0.39 is 8.07 Å². The minimum absolute atomic E-state index is 1.19. The van der Waals surface area contributed by atoms with Gasteiger partial charge in [-0.1, -0.05) is 140 Å². The van der Waals surface area contributed by atoms with Crippen molar-refractivity contribution >= 4 is 82.1 Å². The molecule has 0 aliphatic heterocycles. The van der Waals surface area contributed by atoms with E-state index in [1.807, 2.05) is 11.3 Å². The van der Waals surface area contributed by atoms with Gasteiger partial charge >= 0.3 is 0 Å². The Hall–Kier alpha value is -5.22. The third kappa shape index (κ3) is 3.91. The number of hydrogen-bond acceptors (Lipinski definition) is 1. The third-order valence-corrected chi connectivity index (χ3v) is 15.3. The molecule has 0 saturated carbocycles. The molecule has 0 bridgehead atoms. The van der Waals surface area contributed by atoms with Crippen molar-refractivity contribution in [2.45, 2.75) is 0 Å². The highest BCUT2D eigenvalue weighted by Gasteiger charge is 2.43. The summed E-state index contributed by atoms with van der Waals surface area (Å²) < 4.78 is 5.13. The first-order valence-corrected chi connectivity index (χ1v) is 18.3. The lowest BCUT2D eigenvalue weighted by molar-refractivity contribution is 1.18. The first-order chi connectivity index (χ1) is 22.3. The molecule has 0 fully saturated rings. The van der Waals surface area contributed by atoms with Gasteiger partial charge in [0, 0.05) is 36.6 Å². The van der Waals surface area contributed by atoms with E-state index >= 15 is 0 Å². The van der Waals surface area contributed by atoms with Crippen LogP contribution in [0.4, 0.5) is 0 Å². The molecule has 0 radical (unpaired) electrons. The lowest BCUT2D eigenvalue weighted by Gasteiger charge is -2.35. The fourth-order valence-corrected chi connectivity index (χ4v) is 13.8. The fourth-order valence-electron chi connectivity index (χ4n) is 7.51. The van der Waals surface area contributed by atoms with Crippen molar-refractivity contribution in [3.63, 3.8) is 0 Å². The molecule has 212 valence electrons. The van der Waals surface area contributed by atoms with Gasteiger partial charge in [-0.25, -0.2) is 0 Å². The molecule has 1 nitrogen and oxygen atoms in total. The van der Waals surface area contributed by atoms with Crippen molar-refractivity contribution in [3.05, 3.63) is 176 Å². The van der Waals surface area contributed by atoms with Crippen LogP contribution in [0, 0.1) is 0 Å². The SMILES string of the molecule is c1ccc([Si](c2ccccc2)(c2cccc(-n3c4ccccc4c4ccccc43)c2)c2cccc3sc4ccccc4c23)cc1. The highest BCUT2D eigenvalue weighted by Crippen LogP contribution is 2.35. The molecule has 9 rings (SSSR count). The number of hydrogen-bond donors (Lipinski definition) is 0. The Bertz CT molecular complexity index is 2400. The zero-order valence-corrected chi connectivity index (χ0v) is 26.4. The van der Waals surface area contributed by atoms with Crippen molar-refractivity contribution in [1.82, 2.24) is 4.57 Å². The Labute approximate surface area is 267 Å². The van der Waals surface area contributed by atoms with Crippen molar-refractivity contribution in [1.29, 1.82) is 0 Å². The van der Waals surface area contributed by atoms with Crippen molar-refractivity contribution in [3.8, 4) is 5.69 Å². The summed E-state index contributed by atoms with van der Waals surface area (Å²) in [6, 6.07) is 65.5.